The summed E-state index contributed by atoms with van der Waals surface area (Å²) in [6.45, 7) is 4.55. The first-order valence-electron chi connectivity index (χ1n) is 9.58. The van der Waals surface area contributed by atoms with Crippen LogP contribution in [0.4, 0.5) is 0 Å². The summed E-state index contributed by atoms with van der Waals surface area (Å²) in [4.78, 5) is 25.3. The Labute approximate surface area is 166 Å². The number of amides is 1. The van der Waals surface area contributed by atoms with Crippen molar-refractivity contribution in [2.45, 2.75) is 25.7 Å². The van der Waals surface area contributed by atoms with Gasteiger partial charge in [0.1, 0.15) is 0 Å². The highest BCUT2D eigenvalue weighted by Gasteiger charge is 2.18. The maximum absolute atomic E-state index is 12.7. The van der Waals surface area contributed by atoms with Gasteiger partial charge in [-0.15, -0.1) is 0 Å². The highest BCUT2D eigenvalue weighted by atomic mass is 16.1. The lowest BCUT2D eigenvalue weighted by Crippen LogP contribution is -2.31. The number of hydrogen-bond acceptors (Lipinski definition) is 2. The first kappa shape index (κ1) is 19.6. The van der Waals surface area contributed by atoms with E-state index >= 15 is 0 Å². The Morgan fingerprint density at radius 1 is 0.750 bits per heavy atom. The van der Waals surface area contributed by atoms with Gasteiger partial charge in [0.25, 0.3) is 0 Å². The molecule has 0 bridgehead atoms. The number of benzene rings is 3. The third kappa shape index (κ3) is 4.74. The van der Waals surface area contributed by atoms with Crippen molar-refractivity contribution in [3.8, 4) is 0 Å². The Balaban J connectivity index is 1.66. The summed E-state index contributed by atoms with van der Waals surface area (Å²) in [7, 11) is 0. The highest BCUT2D eigenvalue weighted by molar-refractivity contribution is 6.09. The Morgan fingerprint density at radius 2 is 1.32 bits per heavy atom. The normalized spacial score (nSPS) is 12.8. The molecule has 3 rings (SSSR count). The van der Waals surface area contributed by atoms with Gasteiger partial charge in [-0.3, -0.25) is 9.59 Å². The fraction of sp³-hybridized carbons (Fsp3) is 0.200. The van der Waals surface area contributed by atoms with Gasteiger partial charge in [-0.25, -0.2) is 0 Å². The molecule has 3 aromatic rings. The number of carbonyl (C=O) groups is 2. The topological polar surface area (TPSA) is 46.2 Å². The van der Waals surface area contributed by atoms with Gasteiger partial charge >= 0.3 is 0 Å². The molecule has 0 spiro atoms. The van der Waals surface area contributed by atoms with Crippen molar-refractivity contribution >= 4 is 11.7 Å². The smallest absolute Gasteiger partial charge is 0.227 e. The molecule has 1 N–H and O–H groups in total. The van der Waals surface area contributed by atoms with Crippen LogP contribution in [0.25, 0.3) is 0 Å². The van der Waals surface area contributed by atoms with E-state index in [4.69, 9.17) is 0 Å². The van der Waals surface area contributed by atoms with Gasteiger partial charge < -0.3 is 5.32 Å². The monoisotopic (exact) mass is 371 g/mol. The molecule has 142 valence electrons. The molecule has 3 nitrogen and oxygen atoms in total. The SMILES string of the molecule is C[C@H](CNC(=O)[C@@H](C)c1cccc(C(=O)c2ccccc2)c1)c1ccccc1. The number of carbonyl (C=O) groups excluding carboxylic acids is 2. The summed E-state index contributed by atoms with van der Waals surface area (Å²) in [5.41, 5.74) is 3.28. The third-order valence-electron chi connectivity index (χ3n) is 5.03. The van der Waals surface area contributed by atoms with Crippen LogP contribution in [0.2, 0.25) is 0 Å². The van der Waals surface area contributed by atoms with E-state index in [-0.39, 0.29) is 23.5 Å². The standard InChI is InChI=1S/C25H25NO2/c1-18(20-10-5-3-6-11-20)17-26-25(28)19(2)22-14-9-15-23(16-22)24(27)21-12-7-4-8-13-21/h3-16,18-19H,17H2,1-2H3,(H,26,28)/t18-,19+/m1/s1. The van der Waals surface area contributed by atoms with E-state index in [9.17, 15) is 9.59 Å². The Hall–Kier alpha value is -3.20. The first-order valence-corrected chi connectivity index (χ1v) is 9.58. The molecule has 3 heteroatoms. The summed E-state index contributed by atoms with van der Waals surface area (Å²) < 4.78 is 0. The minimum atomic E-state index is -0.327. The van der Waals surface area contributed by atoms with Crippen LogP contribution in [-0.4, -0.2) is 18.2 Å². The Kier molecular flexibility index (Phi) is 6.38. The zero-order valence-electron chi connectivity index (χ0n) is 16.3. The first-order chi connectivity index (χ1) is 13.6. The number of ketones is 1. The predicted molar refractivity (Wildman–Crippen MR) is 113 cm³/mol. The van der Waals surface area contributed by atoms with E-state index in [0.717, 1.165) is 5.56 Å². The molecule has 3 aromatic carbocycles. The molecule has 2 atom stereocenters. The molecular formula is C25H25NO2. The molecule has 0 aliphatic heterocycles. The predicted octanol–water partition coefficient (Wildman–Crippen LogP) is 4.94. The van der Waals surface area contributed by atoms with Crippen LogP contribution in [-0.2, 0) is 4.79 Å². The van der Waals surface area contributed by atoms with E-state index in [0.29, 0.717) is 17.7 Å². The summed E-state index contributed by atoms with van der Waals surface area (Å²) >= 11 is 0. The lowest BCUT2D eigenvalue weighted by molar-refractivity contribution is -0.122. The van der Waals surface area contributed by atoms with Crippen molar-refractivity contribution in [2.24, 2.45) is 0 Å². The maximum Gasteiger partial charge on any atom is 0.227 e. The van der Waals surface area contributed by atoms with Gasteiger partial charge in [0.2, 0.25) is 5.91 Å². The van der Waals surface area contributed by atoms with Crippen LogP contribution in [0.5, 0.6) is 0 Å². The van der Waals surface area contributed by atoms with Crippen LogP contribution >= 0.6 is 0 Å². The molecule has 0 heterocycles. The van der Waals surface area contributed by atoms with E-state index < -0.39 is 0 Å². The quantitative estimate of drug-likeness (QED) is 0.598. The molecule has 0 aromatic heterocycles. The Bertz CT molecular complexity index is 935. The van der Waals surface area contributed by atoms with Crippen LogP contribution in [0.3, 0.4) is 0 Å². The van der Waals surface area contributed by atoms with Gasteiger partial charge in [-0.05, 0) is 30.0 Å². The average Bonchev–Trinajstić information content (AvgIpc) is 2.77. The maximum atomic E-state index is 12.7. The van der Waals surface area contributed by atoms with Crippen molar-refractivity contribution < 1.29 is 9.59 Å². The van der Waals surface area contributed by atoms with E-state index in [1.807, 2.05) is 61.5 Å². The molecule has 0 aliphatic rings. The van der Waals surface area contributed by atoms with Gasteiger partial charge in [0, 0.05) is 17.7 Å². The summed E-state index contributed by atoms with van der Waals surface area (Å²) in [5, 5.41) is 3.04. The second kappa shape index (κ2) is 9.14. The van der Waals surface area contributed by atoms with Crippen LogP contribution < -0.4 is 5.32 Å². The minimum absolute atomic E-state index is 0.0345. The lowest BCUT2D eigenvalue weighted by atomic mass is 9.95. The molecule has 0 aliphatic carbocycles. The van der Waals surface area contributed by atoms with Gasteiger partial charge in [-0.1, -0.05) is 85.8 Å². The molecule has 28 heavy (non-hydrogen) atoms. The Morgan fingerprint density at radius 3 is 2.00 bits per heavy atom. The molecule has 0 radical (unpaired) electrons. The number of nitrogens with one attached hydrogen (secondary N) is 1. The fourth-order valence-electron chi connectivity index (χ4n) is 3.16. The van der Waals surface area contributed by atoms with Gasteiger partial charge in [-0.2, -0.15) is 0 Å². The fourth-order valence-corrected chi connectivity index (χ4v) is 3.16. The molecular weight excluding hydrogens is 346 g/mol. The molecule has 1 amide bonds. The van der Waals surface area contributed by atoms with Crippen molar-refractivity contribution in [3.63, 3.8) is 0 Å². The largest absolute Gasteiger partial charge is 0.355 e. The van der Waals surface area contributed by atoms with E-state index in [1.54, 1.807) is 18.2 Å². The highest BCUT2D eigenvalue weighted by Crippen LogP contribution is 2.20. The van der Waals surface area contributed by atoms with Crippen molar-refractivity contribution in [1.82, 2.24) is 5.32 Å². The van der Waals surface area contributed by atoms with Crippen molar-refractivity contribution in [1.29, 1.82) is 0 Å². The van der Waals surface area contributed by atoms with Crippen LogP contribution in [0.1, 0.15) is 52.7 Å². The lowest BCUT2D eigenvalue weighted by Gasteiger charge is -2.17. The van der Waals surface area contributed by atoms with Gasteiger partial charge in [0.05, 0.1) is 5.92 Å². The van der Waals surface area contributed by atoms with Gasteiger partial charge in [0.15, 0.2) is 5.78 Å². The summed E-state index contributed by atoms with van der Waals surface area (Å²) in [6.07, 6.45) is 0. The number of hydrogen-bond donors (Lipinski definition) is 1. The third-order valence-corrected chi connectivity index (χ3v) is 5.03. The van der Waals surface area contributed by atoms with Crippen LogP contribution in [0, 0.1) is 0 Å². The summed E-state index contributed by atoms with van der Waals surface area (Å²) in [5.74, 6) is -0.158. The molecule has 0 fully saturated rings. The molecule has 0 saturated heterocycles. The zero-order valence-corrected chi connectivity index (χ0v) is 16.3. The summed E-state index contributed by atoms with van der Waals surface area (Å²) in [6, 6.07) is 26.7. The van der Waals surface area contributed by atoms with Crippen molar-refractivity contribution in [3.05, 3.63) is 107 Å². The second-order valence-electron chi connectivity index (χ2n) is 7.10. The van der Waals surface area contributed by atoms with E-state index in [1.165, 1.54) is 5.56 Å². The van der Waals surface area contributed by atoms with Crippen LogP contribution in [0.15, 0.2) is 84.9 Å². The van der Waals surface area contributed by atoms with Crippen molar-refractivity contribution in [2.75, 3.05) is 6.54 Å². The zero-order chi connectivity index (χ0) is 19.9. The molecule has 0 unspecified atom stereocenters. The minimum Gasteiger partial charge on any atom is -0.355 e. The second-order valence-corrected chi connectivity index (χ2v) is 7.10. The molecule has 0 saturated carbocycles. The number of rotatable bonds is 7. The van der Waals surface area contributed by atoms with E-state index in [2.05, 4.69) is 24.4 Å². The average molecular weight is 371 g/mol.